The maximum Gasteiger partial charge on any atom is 1.00 e. The fraction of sp³-hybridized carbons (Fsp3) is 0.556. The van der Waals surface area contributed by atoms with Gasteiger partial charge in [0.25, 0.3) is 0 Å². The van der Waals surface area contributed by atoms with Crippen LogP contribution < -0.4 is 59.1 Å². The Hall–Kier alpha value is 1.38. The number of rotatable bonds is 3. The largest absolute Gasteiger partial charge is 1.00 e. The van der Waals surface area contributed by atoms with Gasteiger partial charge in [0.2, 0.25) is 0 Å². The minimum absolute atomic E-state index is 0. The number of carbonyl (C=O) groups is 2. The summed E-state index contributed by atoms with van der Waals surface area (Å²) in [6, 6.07) is 0. The van der Waals surface area contributed by atoms with Crippen molar-refractivity contribution in [1.82, 2.24) is 0 Å². The summed E-state index contributed by atoms with van der Waals surface area (Å²) >= 11 is 0. The van der Waals surface area contributed by atoms with Crippen LogP contribution in [0.5, 0.6) is 0 Å². The minimum atomic E-state index is -0.368. The second-order valence-electron chi connectivity index (χ2n) is 2.43. The van der Waals surface area contributed by atoms with Crippen molar-refractivity contribution in [2.75, 3.05) is 19.0 Å². The van der Waals surface area contributed by atoms with Crippen molar-refractivity contribution in [3.05, 3.63) is 11.5 Å². The standard InChI is InChI=1S/C6H10O4.C3H4S2.2Na.2H/c1-5(7)9-3-4-10-6(2)8;1-2-4-5-3-1;;;;/h3-4H2,1-2H3;1-2H,3H2;;;;/q;;2*+1;2*-1. The molecule has 1 aliphatic heterocycles. The van der Waals surface area contributed by atoms with Crippen molar-refractivity contribution in [2.45, 2.75) is 13.8 Å². The van der Waals surface area contributed by atoms with Crippen molar-refractivity contribution in [2.24, 2.45) is 0 Å². The van der Waals surface area contributed by atoms with Crippen LogP contribution in [0, 0.1) is 0 Å². The summed E-state index contributed by atoms with van der Waals surface area (Å²) < 4.78 is 8.95. The quantitative estimate of drug-likeness (QED) is 0.231. The Bertz CT molecular complexity index is 224. The number of hydrogen-bond acceptors (Lipinski definition) is 6. The summed E-state index contributed by atoms with van der Waals surface area (Å²) in [6.07, 6.45) is 2.16. The third-order valence-electron chi connectivity index (χ3n) is 1.08. The Morgan fingerprint density at radius 2 is 1.65 bits per heavy atom. The van der Waals surface area contributed by atoms with E-state index in [1.54, 1.807) is 0 Å². The molecule has 0 aromatic rings. The van der Waals surface area contributed by atoms with E-state index in [0.29, 0.717) is 0 Å². The molecule has 0 saturated carbocycles. The van der Waals surface area contributed by atoms with E-state index in [2.05, 4.69) is 21.0 Å². The van der Waals surface area contributed by atoms with Gasteiger partial charge in [-0.15, -0.1) is 0 Å². The summed E-state index contributed by atoms with van der Waals surface area (Å²) in [5.41, 5.74) is 0. The minimum Gasteiger partial charge on any atom is -1.00 e. The predicted molar refractivity (Wildman–Crippen MR) is 64.7 cm³/mol. The first-order valence-corrected chi connectivity index (χ1v) is 6.71. The average molecular weight is 298 g/mol. The third kappa shape index (κ3) is 23.0. The zero-order valence-electron chi connectivity index (χ0n) is 12.7. The molecule has 0 unspecified atom stereocenters. The van der Waals surface area contributed by atoms with Gasteiger partial charge in [0.05, 0.1) is 0 Å². The molecule has 0 atom stereocenters. The molecule has 1 rings (SSSR count). The number of ether oxygens (including phenoxy) is 2. The van der Waals surface area contributed by atoms with Crippen molar-refractivity contribution in [3.63, 3.8) is 0 Å². The van der Waals surface area contributed by atoms with Crippen molar-refractivity contribution >= 4 is 33.5 Å². The normalized spacial score (nSPS) is 11.2. The van der Waals surface area contributed by atoms with Gasteiger partial charge in [-0.1, -0.05) is 27.7 Å². The Morgan fingerprint density at radius 3 is 1.82 bits per heavy atom. The molecule has 0 N–H and O–H groups in total. The van der Waals surface area contributed by atoms with Gasteiger partial charge in [-0.25, -0.2) is 0 Å². The second-order valence-corrected chi connectivity index (χ2v) is 4.75. The Balaban J connectivity index is -0.0000000633. The molecule has 0 aromatic carbocycles. The van der Waals surface area contributed by atoms with Gasteiger partial charge >= 0.3 is 71.1 Å². The first-order chi connectivity index (χ1) is 7.13. The zero-order valence-corrected chi connectivity index (χ0v) is 16.4. The maximum absolute atomic E-state index is 10.1. The van der Waals surface area contributed by atoms with Crippen LogP contribution in [0.2, 0.25) is 0 Å². The molecule has 0 aromatic heterocycles. The van der Waals surface area contributed by atoms with Gasteiger partial charge in [0.1, 0.15) is 13.2 Å². The molecule has 0 radical (unpaired) electrons. The van der Waals surface area contributed by atoms with E-state index >= 15 is 0 Å². The Morgan fingerprint density at radius 1 is 1.18 bits per heavy atom. The van der Waals surface area contributed by atoms with E-state index in [1.807, 2.05) is 21.6 Å². The first-order valence-electron chi connectivity index (χ1n) is 4.33. The van der Waals surface area contributed by atoms with Crippen LogP contribution in [0.15, 0.2) is 11.5 Å². The molecule has 0 saturated heterocycles. The summed E-state index contributed by atoms with van der Waals surface area (Å²) in [5, 5.41) is 2.12. The molecule has 8 heteroatoms. The summed E-state index contributed by atoms with van der Waals surface area (Å²) in [4.78, 5) is 20.3. The molecule has 0 aliphatic carbocycles. The van der Waals surface area contributed by atoms with Crippen LogP contribution in [0.3, 0.4) is 0 Å². The van der Waals surface area contributed by atoms with E-state index in [1.165, 1.54) is 19.6 Å². The Labute approximate surface area is 157 Å². The molecule has 1 heterocycles. The van der Waals surface area contributed by atoms with Crippen LogP contribution in [-0.2, 0) is 19.1 Å². The molecule has 0 bridgehead atoms. The molecular weight excluding hydrogens is 282 g/mol. The number of hydrogen-bond donors (Lipinski definition) is 0. The topological polar surface area (TPSA) is 52.6 Å². The van der Waals surface area contributed by atoms with E-state index in [9.17, 15) is 9.59 Å². The number of esters is 2. The number of carbonyl (C=O) groups excluding carboxylic acids is 2. The monoisotopic (exact) mass is 298 g/mol. The molecule has 0 amide bonds. The second kappa shape index (κ2) is 17.4. The van der Waals surface area contributed by atoms with Gasteiger partial charge in [-0.2, -0.15) is 0 Å². The average Bonchev–Trinajstić information content (AvgIpc) is 2.69. The van der Waals surface area contributed by atoms with Gasteiger partial charge in [-0.05, 0) is 5.41 Å². The third-order valence-corrected chi connectivity index (χ3v) is 3.00. The van der Waals surface area contributed by atoms with E-state index < -0.39 is 0 Å². The first kappa shape index (κ1) is 23.5. The van der Waals surface area contributed by atoms with Gasteiger partial charge in [0.15, 0.2) is 0 Å². The molecule has 90 valence electrons. The maximum atomic E-state index is 10.1. The van der Waals surface area contributed by atoms with Crippen LogP contribution in [0.25, 0.3) is 0 Å². The molecule has 17 heavy (non-hydrogen) atoms. The Kier molecular flexibility index (Phi) is 24.0. The van der Waals surface area contributed by atoms with Crippen LogP contribution in [0.4, 0.5) is 0 Å². The van der Waals surface area contributed by atoms with Gasteiger partial charge in [-0.3, -0.25) is 9.59 Å². The fourth-order valence-corrected chi connectivity index (χ4v) is 2.14. The SMILES string of the molecule is C1=CSSC1.CC(=O)OCCOC(C)=O.[H-].[H-].[Na+].[Na+]. The van der Waals surface area contributed by atoms with Gasteiger partial charge < -0.3 is 12.3 Å². The molecule has 0 fully saturated rings. The van der Waals surface area contributed by atoms with Crippen LogP contribution in [-0.4, -0.2) is 30.9 Å². The zero-order chi connectivity index (χ0) is 11.5. The molecule has 1 aliphatic rings. The van der Waals surface area contributed by atoms with Gasteiger partial charge in [0, 0.05) is 19.6 Å². The van der Waals surface area contributed by atoms with Crippen molar-refractivity contribution in [3.8, 4) is 0 Å². The van der Waals surface area contributed by atoms with E-state index in [-0.39, 0.29) is 87.1 Å². The predicted octanol–water partition coefficient (Wildman–Crippen LogP) is -3.76. The molecule has 0 spiro atoms. The van der Waals surface area contributed by atoms with E-state index in [0.717, 1.165) is 0 Å². The summed E-state index contributed by atoms with van der Waals surface area (Å²) in [5.74, 6) is 0.462. The summed E-state index contributed by atoms with van der Waals surface area (Å²) in [7, 11) is 3.69. The molecular formula is C9H16Na2O4S2. The smallest absolute Gasteiger partial charge is 1.00 e. The van der Waals surface area contributed by atoms with E-state index in [4.69, 9.17) is 0 Å². The van der Waals surface area contributed by atoms with Crippen LogP contribution >= 0.6 is 21.6 Å². The fourth-order valence-electron chi connectivity index (χ4n) is 0.567. The summed E-state index contributed by atoms with van der Waals surface area (Å²) in [6.45, 7) is 2.87. The van der Waals surface area contributed by atoms with Crippen LogP contribution in [0.1, 0.15) is 16.7 Å². The van der Waals surface area contributed by atoms with Crippen molar-refractivity contribution < 1.29 is 81.0 Å². The van der Waals surface area contributed by atoms with Crippen molar-refractivity contribution in [1.29, 1.82) is 0 Å². The molecule has 4 nitrogen and oxygen atoms in total.